The van der Waals surface area contributed by atoms with E-state index in [-0.39, 0.29) is 11.2 Å². The van der Waals surface area contributed by atoms with E-state index in [9.17, 15) is 4.79 Å². The van der Waals surface area contributed by atoms with Crippen molar-refractivity contribution in [3.05, 3.63) is 21.0 Å². The standard InChI is InChI=1S/C13H20BrN3O3/c1-3-5-17-12(18)11(14)10(7-16-17)15-8-13(19-2)4-6-20-9-13/h7,15H,3-6,8-9H2,1-2H3. The second kappa shape index (κ2) is 6.69. The van der Waals surface area contributed by atoms with Gasteiger partial charge in [0.1, 0.15) is 10.1 Å². The van der Waals surface area contributed by atoms with Crippen LogP contribution in [0.25, 0.3) is 0 Å². The molecule has 0 aliphatic carbocycles. The van der Waals surface area contributed by atoms with Crippen LogP contribution in [0, 0.1) is 0 Å². The summed E-state index contributed by atoms with van der Waals surface area (Å²) >= 11 is 3.34. The molecule has 2 heterocycles. The van der Waals surface area contributed by atoms with Crippen molar-refractivity contribution in [1.29, 1.82) is 0 Å². The van der Waals surface area contributed by atoms with Gasteiger partial charge in [-0.25, -0.2) is 4.68 Å². The van der Waals surface area contributed by atoms with Gasteiger partial charge in [-0.2, -0.15) is 5.10 Å². The predicted molar refractivity (Wildman–Crippen MR) is 80.2 cm³/mol. The third kappa shape index (κ3) is 3.21. The largest absolute Gasteiger partial charge is 0.380 e. The maximum atomic E-state index is 12.1. The van der Waals surface area contributed by atoms with Crippen LogP contribution >= 0.6 is 15.9 Å². The number of aryl methyl sites for hydroxylation is 1. The minimum Gasteiger partial charge on any atom is -0.380 e. The predicted octanol–water partition coefficient (Wildman–Crippen LogP) is 1.63. The van der Waals surface area contributed by atoms with Crippen molar-refractivity contribution in [2.75, 3.05) is 32.2 Å². The molecule has 20 heavy (non-hydrogen) atoms. The second-order valence-electron chi connectivity index (χ2n) is 4.94. The monoisotopic (exact) mass is 345 g/mol. The van der Waals surface area contributed by atoms with Crippen LogP contribution in [0.1, 0.15) is 19.8 Å². The molecule has 1 atom stereocenters. The van der Waals surface area contributed by atoms with Crippen LogP contribution in [0.2, 0.25) is 0 Å². The van der Waals surface area contributed by atoms with Crippen molar-refractivity contribution >= 4 is 21.6 Å². The third-order valence-corrected chi connectivity index (χ3v) is 4.29. The van der Waals surface area contributed by atoms with Crippen molar-refractivity contribution in [2.24, 2.45) is 0 Å². The van der Waals surface area contributed by atoms with E-state index in [4.69, 9.17) is 9.47 Å². The van der Waals surface area contributed by atoms with Gasteiger partial charge in [0.2, 0.25) is 0 Å². The molecule has 0 amide bonds. The van der Waals surface area contributed by atoms with Crippen LogP contribution in [-0.4, -0.2) is 42.2 Å². The summed E-state index contributed by atoms with van der Waals surface area (Å²) in [7, 11) is 1.68. The molecule has 1 aromatic heterocycles. The molecule has 1 N–H and O–H groups in total. The fourth-order valence-electron chi connectivity index (χ4n) is 2.18. The van der Waals surface area contributed by atoms with Gasteiger partial charge in [-0.05, 0) is 22.4 Å². The minimum atomic E-state index is -0.322. The number of methoxy groups -OCH3 is 1. The van der Waals surface area contributed by atoms with Crippen LogP contribution in [0.3, 0.4) is 0 Å². The molecule has 1 saturated heterocycles. The third-order valence-electron chi connectivity index (χ3n) is 3.52. The highest BCUT2D eigenvalue weighted by Gasteiger charge is 2.34. The lowest BCUT2D eigenvalue weighted by Crippen LogP contribution is -2.40. The zero-order valence-electron chi connectivity index (χ0n) is 11.8. The topological polar surface area (TPSA) is 65.4 Å². The number of rotatable bonds is 6. The van der Waals surface area contributed by atoms with Gasteiger partial charge in [0.05, 0.1) is 18.5 Å². The van der Waals surface area contributed by atoms with Crippen molar-refractivity contribution in [1.82, 2.24) is 9.78 Å². The number of nitrogens with zero attached hydrogens (tertiary/aromatic N) is 2. The van der Waals surface area contributed by atoms with E-state index < -0.39 is 0 Å². The molecule has 1 aliphatic heterocycles. The lowest BCUT2D eigenvalue weighted by molar-refractivity contribution is -0.00621. The Morgan fingerprint density at radius 2 is 2.45 bits per heavy atom. The molecule has 6 nitrogen and oxygen atoms in total. The molecule has 1 unspecified atom stereocenters. The molecule has 7 heteroatoms. The molecule has 2 rings (SSSR count). The fraction of sp³-hybridized carbons (Fsp3) is 0.692. The van der Waals surface area contributed by atoms with Crippen molar-refractivity contribution in [3.63, 3.8) is 0 Å². The summed E-state index contributed by atoms with van der Waals surface area (Å²) in [5.74, 6) is 0. The smallest absolute Gasteiger partial charge is 0.283 e. The summed E-state index contributed by atoms with van der Waals surface area (Å²) in [6.07, 6.45) is 3.38. The fourth-order valence-corrected chi connectivity index (χ4v) is 2.62. The molecular formula is C13H20BrN3O3. The summed E-state index contributed by atoms with van der Waals surface area (Å²) in [4.78, 5) is 12.1. The van der Waals surface area contributed by atoms with Crippen LogP contribution in [0.4, 0.5) is 5.69 Å². The molecule has 0 saturated carbocycles. The molecule has 1 aromatic rings. The first-order chi connectivity index (χ1) is 9.62. The van der Waals surface area contributed by atoms with Crippen molar-refractivity contribution in [2.45, 2.75) is 31.9 Å². The Kier molecular flexibility index (Phi) is 5.17. The summed E-state index contributed by atoms with van der Waals surface area (Å²) in [5, 5.41) is 7.39. The lowest BCUT2D eigenvalue weighted by Gasteiger charge is -2.26. The van der Waals surface area contributed by atoms with Gasteiger partial charge in [-0.3, -0.25) is 4.79 Å². The Morgan fingerprint density at radius 1 is 1.65 bits per heavy atom. The van der Waals surface area contributed by atoms with Gasteiger partial charge in [0.25, 0.3) is 5.56 Å². The number of anilines is 1. The van der Waals surface area contributed by atoms with Gasteiger partial charge >= 0.3 is 0 Å². The van der Waals surface area contributed by atoms with Crippen LogP contribution in [-0.2, 0) is 16.0 Å². The minimum absolute atomic E-state index is 0.119. The maximum Gasteiger partial charge on any atom is 0.283 e. The summed E-state index contributed by atoms with van der Waals surface area (Å²) in [6, 6.07) is 0. The van der Waals surface area contributed by atoms with Crippen LogP contribution in [0.15, 0.2) is 15.5 Å². The average Bonchev–Trinajstić information content (AvgIpc) is 2.93. The Bertz CT molecular complexity index is 512. The van der Waals surface area contributed by atoms with Crippen LogP contribution < -0.4 is 10.9 Å². The van der Waals surface area contributed by atoms with Crippen molar-refractivity contribution < 1.29 is 9.47 Å². The Balaban J connectivity index is 2.10. The van der Waals surface area contributed by atoms with Crippen LogP contribution in [0.5, 0.6) is 0 Å². The average molecular weight is 346 g/mol. The van der Waals surface area contributed by atoms with E-state index in [1.54, 1.807) is 13.3 Å². The van der Waals surface area contributed by atoms with Gasteiger partial charge in [-0.1, -0.05) is 6.92 Å². The van der Waals surface area contributed by atoms with E-state index >= 15 is 0 Å². The van der Waals surface area contributed by atoms with E-state index in [0.29, 0.717) is 36.5 Å². The van der Waals surface area contributed by atoms with E-state index in [1.165, 1.54) is 4.68 Å². The number of ether oxygens (including phenoxy) is 2. The molecule has 0 spiro atoms. The lowest BCUT2D eigenvalue weighted by atomic mass is 10.0. The number of halogens is 1. The van der Waals surface area contributed by atoms with E-state index in [1.807, 2.05) is 6.92 Å². The molecule has 1 aliphatic rings. The number of nitrogens with one attached hydrogen (secondary N) is 1. The first kappa shape index (κ1) is 15.5. The zero-order chi connectivity index (χ0) is 14.6. The first-order valence-corrected chi connectivity index (χ1v) is 7.53. The van der Waals surface area contributed by atoms with Gasteiger partial charge in [0, 0.05) is 33.2 Å². The highest BCUT2D eigenvalue weighted by atomic mass is 79.9. The Labute approximate surface area is 126 Å². The number of hydrogen-bond donors (Lipinski definition) is 1. The van der Waals surface area contributed by atoms with Gasteiger partial charge in [0.15, 0.2) is 0 Å². The summed E-state index contributed by atoms with van der Waals surface area (Å²) < 4.78 is 12.9. The van der Waals surface area contributed by atoms with E-state index in [0.717, 1.165) is 12.8 Å². The zero-order valence-corrected chi connectivity index (χ0v) is 13.4. The maximum absolute atomic E-state index is 12.1. The molecule has 0 aromatic carbocycles. The number of hydrogen-bond acceptors (Lipinski definition) is 5. The Morgan fingerprint density at radius 3 is 3.05 bits per heavy atom. The SMILES string of the molecule is CCCn1ncc(NCC2(OC)CCOC2)c(Br)c1=O. The Hall–Kier alpha value is -0.920. The molecule has 112 valence electrons. The highest BCUT2D eigenvalue weighted by molar-refractivity contribution is 9.10. The molecule has 0 radical (unpaired) electrons. The number of aromatic nitrogens is 2. The molecule has 0 bridgehead atoms. The summed E-state index contributed by atoms with van der Waals surface area (Å²) in [6.45, 7) is 4.48. The molecular weight excluding hydrogens is 326 g/mol. The second-order valence-corrected chi connectivity index (χ2v) is 5.74. The summed E-state index contributed by atoms with van der Waals surface area (Å²) in [5.41, 5.74) is 0.245. The molecule has 1 fully saturated rings. The quantitative estimate of drug-likeness (QED) is 0.848. The normalized spacial score (nSPS) is 22.1. The van der Waals surface area contributed by atoms with Gasteiger partial charge < -0.3 is 14.8 Å². The van der Waals surface area contributed by atoms with E-state index in [2.05, 4.69) is 26.3 Å². The van der Waals surface area contributed by atoms with Gasteiger partial charge in [-0.15, -0.1) is 0 Å². The first-order valence-electron chi connectivity index (χ1n) is 6.74. The van der Waals surface area contributed by atoms with Crippen molar-refractivity contribution in [3.8, 4) is 0 Å². The highest BCUT2D eigenvalue weighted by Crippen LogP contribution is 2.24.